The van der Waals surface area contributed by atoms with Crippen LogP contribution in [-0.2, 0) is 0 Å². The van der Waals surface area contributed by atoms with E-state index in [0.717, 1.165) is 6.54 Å². The van der Waals surface area contributed by atoms with Gasteiger partial charge in [-0.15, -0.1) is 0 Å². The van der Waals surface area contributed by atoms with Crippen molar-refractivity contribution in [3.8, 4) is 0 Å². The van der Waals surface area contributed by atoms with Gasteiger partial charge in [-0.25, -0.2) is 0 Å². The van der Waals surface area contributed by atoms with Gasteiger partial charge in [0.25, 0.3) is 0 Å². The van der Waals surface area contributed by atoms with E-state index in [-0.39, 0.29) is 0 Å². The van der Waals surface area contributed by atoms with Crippen molar-refractivity contribution in [2.24, 2.45) is 11.1 Å². The van der Waals surface area contributed by atoms with Gasteiger partial charge in [0.15, 0.2) is 0 Å². The Morgan fingerprint density at radius 1 is 1.25 bits per heavy atom. The van der Waals surface area contributed by atoms with Crippen LogP contribution in [0.2, 0.25) is 0 Å². The summed E-state index contributed by atoms with van der Waals surface area (Å²) in [6, 6.07) is 9.19. The fourth-order valence-electron chi connectivity index (χ4n) is 3.23. The minimum atomic E-state index is 0.353. The SMILES string of the molecule is CN(C)c1ccc(C(CN)N2CCCC(C)(C)C2)cc1. The molecule has 20 heavy (non-hydrogen) atoms. The number of nitrogens with zero attached hydrogens (tertiary/aromatic N) is 2. The summed E-state index contributed by atoms with van der Waals surface area (Å²) in [6.45, 7) is 7.73. The lowest BCUT2D eigenvalue weighted by atomic mass is 9.83. The first-order valence-electron chi connectivity index (χ1n) is 7.64. The number of nitrogens with two attached hydrogens (primary N) is 1. The summed E-state index contributed by atoms with van der Waals surface area (Å²) < 4.78 is 0. The summed E-state index contributed by atoms with van der Waals surface area (Å²) >= 11 is 0. The second-order valence-corrected chi connectivity index (χ2v) is 6.98. The number of anilines is 1. The van der Waals surface area contributed by atoms with Gasteiger partial charge in [-0.3, -0.25) is 4.90 Å². The molecule has 1 heterocycles. The third kappa shape index (κ3) is 3.53. The van der Waals surface area contributed by atoms with E-state index in [1.165, 1.54) is 30.6 Å². The summed E-state index contributed by atoms with van der Waals surface area (Å²) in [7, 11) is 4.14. The molecular weight excluding hydrogens is 246 g/mol. The molecule has 1 fully saturated rings. The molecular formula is C17H29N3. The van der Waals surface area contributed by atoms with E-state index in [9.17, 15) is 0 Å². The summed E-state index contributed by atoms with van der Waals surface area (Å²) in [5.41, 5.74) is 9.06. The third-order valence-corrected chi connectivity index (χ3v) is 4.39. The molecule has 3 nitrogen and oxygen atoms in total. The molecule has 1 aliphatic heterocycles. The van der Waals surface area contributed by atoms with Crippen molar-refractivity contribution in [1.29, 1.82) is 0 Å². The monoisotopic (exact) mass is 275 g/mol. The Bertz CT molecular complexity index is 422. The van der Waals surface area contributed by atoms with E-state index in [2.05, 4.69) is 62.0 Å². The second-order valence-electron chi connectivity index (χ2n) is 6.98. The summed E-state index contributed by atoms with van der Waals surface area (Å²) in [5, 5.41) is 0. The van der Waals surface area contributed by atoms with Gasteiger partial charge in [-0.2, -0.15) is 0 Å². The highest BCUT2D eigenvalue weighted by atomic mass is 15.2. The Balaban J connectivity index is 2.15. The average Bonchev–Trinajstić information content (AvgIpc) is 2.39. The standard InChI is InChI=1S/C17H29N3/c1-17(2)10-5-11-20(13-17)16(12-18)14-6-8-15(9-7-14)19(3)4/h6-9,16H,5,10-13,18H2,1-4H3. The van der Waals surface area contributed by atoms with Crippen molar-refractivity contribution in [3.63, 3.8) is 0 Å². The highest BCUT2D eigenvalue weighted by Gasteiger charge is 2.30. The maximum atomic E-state index is 6.07. The zero-order chi connectivity index (χ0) is 14.8. The fraction of sp³-hybridized carbons (Fsp3) is 0.647. The Hall–Kier alpha value is -1.06. The molecule has 2 N–H and O–H groups in total. The van der Waals surface area contributed by atoms with Gasteiger partial charge in [0.1, 0.15) is 0 Å². The van der Waals surface area contributed by atoms with Crippen molar-refractivity contribution in [2.45, 2.75) is 32.7 Å². The minimum absolute atomic E-state index is 0.353. The van der Waals surface area contributed by atoms with Crippen molar-refractivity contribution in [1.82, 2.24) is 4.90 Å². The molecule has 1 unspecified atom stereocenters. The topological polar surface area (TPSA) is 32.5 Å². The predicted octanol–water partition coefficient (Wildman–Crippen LogP) is 2.87. The number of hydrogen-bond acceptors (Lipinski definition) is 3. The molecule has 0 amide bonds. The summed E-state index contributed by atoms with van der Waals surface area (Å²) in [6.07, 6.45) is 2.60. The fourth-order valence-corrected chi connectivity index (χ4v) is 3.23. The highest BCUT2D eigenvalue weighted by Crippen LogP contribution is 2.33. The Labute approximate surface area is 123 Å². The third-order valence-electron chi connectivity index (χ3n) is 4.39. The van der Waals surface area contributed by atoms with Gasteiger partial charge in [0.05, 0.1) is 0 Å². The van der Waals surface area contributed by atoms with E-state index >= 15 is 0 Å². The maximum absolute atomic E-state index is 6.07. The molecule has 1 aliphatic rings. The number of likely N-dealkylation sites (tertiary alicyclic amines) is 1. The van der Waals surface area contributed by atoms with E-state index in [4.69, 9.17) is 5.73 Å². The minimum Gasteiger partial charge on any atom is -0.378 e. The number of piperidine rings is 1. The van der Waals surface area contributed by atoms with Crippen molar-refractivity contribution in [3.05, 3.63) is 29.8 Å². The largest absolute Gasteiger partial charge is 0.378 e. The van der Waals surface area contributed by atoms with Crippen LogP contribution in [0.4, 0.5) is 5.69 Å². The number of hydrogen-bond donors (Lipinski definition) is 1. The van der Waals surface area contributed by atoms with Crippen LogP contribution in [0.1, 0.15) is 38.3 Å². The Morgan fingerprint density at radius 3 is 2.40 bits per heavy atom. The zero-order valence-electron chi connectivity index (χ0n) is 13.4. The first-order chi connectivity index (χ1) is 9.43. The van der Waals surface area contributed by atoms with E-state index in [1.807, 2.05) is 0 Å². The summed E-state index contributed by atoms with van der Waals surface area (Å²) in [5.74, 6) is 0. The lowest BCUT2D eigenvalue weighted by Gasteiger charge is -2.42. The molecule has 0 aromatic heterocycles. The highest BCUT2D eigenvalue weighted by molar-refractivity contribution is 5.46. The van der Waals surface area contributed by atoms with Crippen LogP contribution in [0.5, 0.6) is 0 Å². The van der Waals surface area contributed by atoms with Crippen LogP contribution >= 0.6 is 0 Å². The maximum Gasteiger partial charge on any atom is 0.0470 e. The molecule has 2 rings (SSSR count). The van der Waals surface area contributed by atoms with Crippen LogP contribution < -0.4 is 10.6 Å². The van der Waals surface area contributed by atoms with Crippen molar-refractivity contribution < 1.29 is 0 Å². The van der Waals surface area contributed by atoms with Gasteiger partial charge in [0, 0.05) is 38.9 Å². The van der Waals surface area contributed by atoms with E-state index < -0.39 is 0 Å². The Kier molecular flexibility index (Phi) is 4.71. The average molecular weight is 275 g/mol. The second kappa shape index (κ2) is 6.15. The van der Waals surface area contributed by atoms with Crippen LogP contribution in [0.25, 0.3) is 0 Å². The van der Waals surface area contributed by atoms with Gasteiger partial charge >= 0.3 is 0 Å². The molecule has 0 bridgehead atoms. The number of benzene rings is 1. The molecule has 0 saturated carbocycles. The molecule has 1 atom stereocenters. The van der Waals surface area contributed by atoms with Crippen LogP contribution in [0.3, 0.4) is 0 Å². The van der Waals surface area contributed by atoms with Gasteiger partial charge < -0.3 is 10.6 Å². The van der Waals surface area contributed by atoms with Crippen LogP contribution in [0, 0.1) is 5.41 Å². The van der Waals surface area contributed by atoms with E-state index in [1.54, 1.807) is 0 Å². The smallest absolute Gasteiger partial charge is 0.0470 e. The molecule has 1 saturated heterocycles. The predicted molar refractivity (Wildman–Crippen MR) is 87.2 cm³/mol. The van der Waals surface area contributed by atoms with Crippen LogP contribution in [-0.4, -0.2) is 38.6 Å². The normalized spacial score (nSPS) is 20.6. The van der Waals surface area contributed by atoms with E-state index in [0.29, 0.717) is 18.0 Å². The molecule has 0 aliphatic carbocycles. The van der Waals surface area contributed by atoms with Gasteiger partial charge in [-0.05, 0) is 42.5 Å². The Morgan fingerprint density at radius 2 is 1.90 bits per heavy atom. The zero-order valence-corrected chi connectivity index (χ0v) is 13.4. The summed E-state index contributed by atoms with van der Waals surface area (Å²) in [4.78, 5) is 4.69. The van der Waals surface area contributed by atoms with Crippen molar-refractivity contribution >= 4 is 5.69 Å². The first-order valence-corrected chi connectivity index (χ1v) is 7.64. The van der Waals surface area contributed by atoms with Crippen LogP contribution in [0.15, 0.2) is 24.3 Å². The van der Waals surface area contributed by atoms with Crippen molar-refractivity contribution in [2.75, 3.05) is 38.6 Å². The number of rotatable bonds is 4. The molecule has 0 spiro atoms. The molecule has 1 aromatic rings. The lowest BCUT2D eigenvalue weighted by Crippen LogP contribution is -2.44. The van der Waals surface area contributed by atoms with Gasteiger partial charge in [-0.1, -0.05) is 26.0 Å². The molecule has 0 radical (unpaired) electrons. The first kappa shape index (κ1) is 15.3. The molecule has 1 aromatic carbocycles. The lowest BCUT2D eigenvalue weighted by molar-refractivity contribution is 0.0807. The quantitative estimate of drug-likeness (QED) is 0.917. The van der Waals surface area contributed by atoms with Gasteiger partial charge in [0.2, 0.25) is 0 Å². The molecule has 3 heteroatoms. The molecule has 112 valence electrons.